The lowest BCUT2D eigenvalue weighted by Crippen LogP contribution is -2.45. The number of benzene rings is 1. The minimum absolute atomic E-state index is 0.201. The molecule has 120 valence electrons. The topological polar surface area (TPSA) is 62.0 Å². The zero-order chi connectivity index (χ0) is 16.0. The number of sulfone groups is 1. The van der Waals surface area contributed by atoms with Crippen molar-refractivity contribution in [3.63, 3.8) is 0 Å². The van der Waals surface area contributed by atoms with Gasteiger partial charge in [-0.2, -0.15) is 0 Å². The summed E-state index contributed by atoms with van der Waals surface area (Å²) in [6, 6.07) is 8.52. The van der Waals surface area contributed by atoms with Crippen LogP contribution in [-0.4, -0.2) is 37.0 Å². The Morgan fingerprint density at radius 2 is 1.95 bits per heavy atom. The number of hydrogen-bond acceptors (Lipinski definition) is 3. The van der Waals surface area contributed by atoms with E-state index < -0.39 is 9.84 Å². The average molecular weight is 320 g/mol. The lowest BCUT2D eigenvalue weighted by molar-refractivity contribution is 0.412. The summed E-state index contributed by atoms with van der Waals surface area (Å²) in [5.41, 5.74) is 2.23. The van der Waals surface area contributed by atoms with Crippen LogP contribution in [0, 0.1) is 0 Å². The molecule has 2 N–H and O–H groups in total. The Balaban J connectivity index is 1.76. The number of aromatic amines is 1. The van der Waals surface area contributed by atoms with E-state index in [1.165, 1.54) is 17.2 Å². The first kappa shape index (κ1) is 15.6. The molecule has 3 rings (SSSR count). The van der Waals surface area contributed by atoms with Crippen LogP contribution in [0.3, 0.4) is 0 Å². The van der Waals surface area contributed by atoms with Gasteiger partial charge in [0.15, 0.2) is 0 Å². The van der Waals surface area contributed by atoms with Crippen LogP contribution in [0.15, 0.2) is 30.5 Å². The Kier molecular flexibility index (Phi) is 3.81. The highest BCUT2D eigenvalue weighted by atomic mass is 32.2. The third-order valence-electron chi connectivity index (χ3n) is 4.79. The highest BCUT2D eigenvalue weighted by Gasteiger charge is 2.46. The standard InChI is InChI=1S/C17H24N2O2S/c1-12(15-10-18-16-7-5-4-6-14(15)16)13(2)19-17(8-9-17)11-22(3,20)21/h4-7,10,12-13,18-19H,8-9,11H2,1-3H3/t12-,13?/m0/s1. The normalized spacial score (nSPS) is 20.0. The monoisotopic (exact) mass is 320 g/mol. The van der Waals surface area contributed by atoms with Gasteiger partial charge in [0.25, 0.3) is 0 Å². The van der Waals surface area contributed by atoms with Gasteiger partial charge in [0.1, 0.15) is 9.84 Å². The molecule has 2 aromatic rings. The fourth-order valence-corrected chi connectivity index (χ4v) is 4.71. The molecule has 1 heterocycles. The molecule has 0 saturated heterocycles. The SMILES string of the molecule is CC(NC1(CS(C)(=O)=O)CC1)[C@H](C)c1c[nH]c2ccccc12. The van der Waals surface area contributed by atoms with Crippen LogP contribution in [0.1, 0.15) is 38.2 Å². The van der Waals surface area contributed by atoms with Crippen molar-refractivity contribution in [2.45, 2.75) is 44.2 Å². The van der Waals surface area contributed by atoms with Crippen molar-refractivity contribution < 1.29 is 8.42 Å². The Hall–Kier alpha value is -1.33. The Morgan fingerprint density at radius 3 is 2.59 bits per heavy atom. The third kappa shape index (κ3) is 3.20. The van der Waals surface area contributed by atoms with Crippen LogP contribution < -0.4 is 5.32 Å². The molecule has 1 fully saturated rings. The fourth-order valence-electron chi connectivity index (χ4n) is 3.33. The second-order valence-corrected chi connectivity index (χ2v) is 9.00. The quantitative estimate of drug-likeness (QED) is 0.860. The first-order chi connectivity index (χ1) is 10.3. The van der Waals surface area contributed by atoms with Crippen LogP contribution >= 0.6 is 0 Å². The van der Waals surface area contributed by atoms with Gasteiger partial charge in [-0.25, -0.2) is 8.42 Å². The Morgan fingerprint density at radius 1 is 1.27 bits per heavy atom. The van der Waals surface area contributed by atoms with Crippen molar-refractivity contribution in [1.29, 1.82) is 0 Å². The van der Waals surface area contributed by atoms with Crippen molar-refractivity contribution in [3.8, 4) is 0 Å². The van der Waals surface area contributed by atoms with E-state index in [2.05, 4.69) is 48.5 Å². The van der Waals surface area contributed by atoms with Crippen molar-refractivity contribution >= 4 is 20.7 Å². The minimum Gasteiger partial charge on any atom is -0.361 e. The van der Waals surface area contributed by atoms with Gasteiger partial charge in [-0.1, -0.05) is 25.1 Å². The van der Waals surface area contributed by atoms with E-state index in [4.69, 9.17) is 0 Å². The van der Waals surface area contributed by atoms with Crippen LogP contribution in [0.25, 0.3) is 10.9 Å². The zero-order valence-corrected chi connectivity index (χ0v) is 14.2. The van der Waals surface area contributed by atoms with E-state index in [9.17, 15) is 8.42 Å². The Bertz CT molecular complexity index is 775. The van der Waals surface area contributed by atoms with E-state index in [-0.39, 0.29) is 17.3 Å². The lowest BCUT2D eigenvalue weighted by Gasteiger charge is -2.27. The molecule has 1 aromatic heterocycles. The number of rotatable bonds is 6. The van der Waals surface area contributed by atoms with Gasteiger partial charge in [-0.05, 0) is 37.3 Å². The maximum atomic E-state index is 11.6. The van der Waals surface area contributed by atoms with Gasteiger partial charge in [0, 0.05) is 34.9 Å². The van der Waals surface area contributed by atoms with Crippen molar-refractivity contribution in [3.05, 3.63) is 36.0 Å². The number of fused-ring (bicyclic) bond motifs is 1. The van der Waals surface area contributed by atoms with E-state index >= 15 is 0 Å². The molecule has 1 aliphatic rings. The first-order valence-electron chi connectivity index (χ1n) is 7.81. The van der Waals surface area contributed by atoms with Gasteiger partial charge in [0.2, 0.25) is 0 Å². The largest absolute Gasteiger partial charge is 0.361 e. The second kappa shape index (κ2) is 5.39. The van der Waals surface area contributed by atoms with Crippen molar-refractivity contribution in [1.82, 2.24) is 10.3 Å². The Labute approximate surface area is 132 Å². The predicted octanol–water partition coefficient (Wildman–Crippen LogP) is 2.83. The van der Waals surface area contributed by atoms with Crippen molar-refractivity contribution in [2.24, 2.45) is 0 Å². The maximum Gasteiger partial charge on any atom is 0.149 e. The van der Waals surface area contributed by atoms with Gasteiger partial charge in [-0.15, -0.1) is 0 Å². The molecule has 0 amide bonds. The van der Waals surface area contributed by atoms with Crippen molar-refractivity contribution in [2.75, 3.05) is 12.0 Å². The second-order valence-electron chi connectivity index (χ2n) is 6.86. The molecule has 22 heavy (non-hydrogen) atoms. The molecule has 1 aromatic carbocycles. The number of para-hydroxylation sites is 1. The molecular weight excluding hydrogens is 296 g/mol. The van der Waals surface area contributed by atoms with E-state index in [0.29, 0.717) is 5.92 Å². The molecule has 1 aliphatic carbocycles. The first-order valence-corrected chi connectivity index (χ1v) is 9.87. The maximum absolute atomic E-state index is 11.6. The lowest BCUT2D eigenvalue weighted by atomic mass is 9.93. The fraction of sp³-hybridized carbons (Fsp3) is 0.529. The van der Waals surface area contributed by atoms with Gasteiger partial charge in [0.05, 0.1) is 5.75 Å². The number of hydrogen-bond donors (Lipinski definition) is 2. The number of nitrogens with one attached hydrogen (secondary N) is 2. The predicted molar refractivity (Wildman–Crippen MR) is 91.0 cm³/mol. The summed E-state index contributed by atoms with van der Waals surface area (Å²) in [5.74, 6) is 0.554. The summed E-state index contributed by atoms with van der Waals surface area (Å²) in [4.78, 5) is 3.32. The molecule has 5 heteroatoms. The molecule has 1 unspecified atom stereocenters. The van der Waals surface area contributed by atoms with E-state index in [0.717, 1.165) is 18.4 Å². The van der Waals surface area contributed by atoms with Gasteiger partial charge in [-0.3, -0.25) is 0 Å². The zero-order valence-electron chi connectivity index (χ0n) is 13.4. The summed E-state index contributed by atoms with van der Waals surface area (Å²) in [7, 11) is -2.95. The third-order valence-corrected chi connectivity index (χ3v) is 5.86. The smallest absolute Gasteiger partial charge is 0.149 e. The molecule has 1 saturated carbocycles. The summed E-state index contributed by atoms with van der Waals surface area (Å²) in [6.45, 7) is 4.35. The van der Waals surface area contributed by atoms with Gasteiger partial charge < -0.3 is 10.3 Å². The minimum atomic E-state index is -2.95. The van der Waals surface area contributed by atoms with Crippen LogP contribution in [0.4, 0.5) is 0 Å². The number of aromatic nitrogens is 1. The molecular formula is C17H24N2O2S. The van der Waals surface area contributed by atoms with E-state index in [1.54, 1.807) is 0 Å². The van der Waals surface area contributed by atoms with Gasteiger partial charge >= 0.3 is 0 Å². The summed E-state index contributed by atoms with van der Waals surface area (Å²) >= 11 is 0. The summed E-state index contributed by atoms with van der Waals surface area (Å²) in [5, 5.41) is 4.83. The van der Waals surface area contributed by atoms with Crippen LogP contribution in [-0.2, 0) is 9.84 Å². The molecule has 0 bridgehead atoms. The summed E-state index contributed by atoms with van der Waals surface area (Å²) in [6.07, 6.45) is 5.29. The molecule has 4 nitrogen and oxygen atoms in total. The molecule has 0 aliphatic heterocycles. The molecule has 0 spiro atoms. The molecule has 0 radical (unpaired) electrons. The van der Waals surface area contributed by atoms with Crippen LogP contribution in [0.2, 0.25) is 0 Å². The van der Waals surface area contributed by atoms with E-state index in [1.807, 2.05) is 6.07 Å². The highest BCUT2D eigenvalue weighted by Crippen LogP contribution is 2.39. The average Bonchev–Trinajstić information content (AvgIpc) is 3.02. The summed E-state index contributed by atoms with van der Waals surface area (Å²) < 4.78 is 23.2. The highest BCUT2D eigenvalue weighted by molar-refractivity contribution is 7.90. The van der Waals surface area contributed by atoms with Crippen LogP contribution in [0.5, 0.6) is 0 Å². The molecule has 2 atom stereocenters. The number of H-pyrrole nitrogens is 1.